The highest BCUT2D eigenvalue weighted by molar-refractivity contribution is 5.96. The molecule has 0 spiro atoms. The van der Waals surface area contributed by atoms with Crippen LogP contribution in [-0.4, -0.2) is 43.0 Å². The molecule has 0 atom stereocenters. The highest BCUT2D eigenvalue weighted by Crippen LogP contribution is 2.32. The summed E-state index contributed by atoms with van der Waals surface area (Å²) in [5.41, 5.74) is 13.6. The number of carboxylic acid groups (broad SMARTS) is 1. The van der Waals surface area contributed by atoms with Crippen LogP contribution in [0.5, 0.6) is 0 Å². The molecule has 0 saturated heterocycles. The van der Waals surface area contributed by atoms with Crippen LogP contribution in [0.15, 0.2) is 42.7 Å². The van der Waals surface area contributed by atoms with E-state index in [2.05, 4.69) is 20.1 Å². The van der Waals surface area contributed by atoms with Gasteiger partial charge in [-0.2, -0.15) is 5.10 Å². The third-order valence-electron chi connectivity index (χ3n) is 4.54. The summed E-state index contributed by atoms with van der Waals surface area (Å²) < 4.78 is 15.5. The molecule has 0 fully saturated rings. The van der Waals surface area contributed by atoms with E-state index in [0.29, 0.717) is 23.1 Å². The second-order valence-electron chi connectivity index (χ2n) is 6.54. The number of anilines is 3. The Hall–Kier alpha value is -4.28. The van der Waals surface area contributed by atoms with E-state index in [9.17, 15) is 14.3 Å². The van der Waals surface area contributed by atoms with Crippen molar-refractivity contribution >= 4 is 34.3 Å². The number of fused-ring (bicyclic) bond motifs is 1. The zero-order chi connectivity index (χ0) is 21.4. The summed E-state index contributed by atoms with van der Waals surface area (Å²) in [5.74, 6) is -0.534. The minimum absolute atomic E-state index is 0.0172. The van der Waals surface area contributed by atoms with Crippen molar-refractivity contribution in [2.24, 2.45) is 0 Å². The number of nitrogens with two attached hydrogens (primary N) is 2. The van der Waals surface area contributed by atoms with Crippen molar-refractivity contribution in [1.82, 2.24) is 24.7 Å². The fourth-order valence-electron chi connectivity index (χ4n) is 3.13. The van der Waals surface area contributed by atoms with Gasteiger partial charge >= 0.3 is 6.09 Å². The number of pyridine rings is 1. The number of carbonyl (C=O) groups is 1. The van der Waals surface area contributed by atoms with Gasteiger partial charge in [-0.1, -0.05) is 6.07 Å². The van der Waals surface area contributed by atoms with Gasteiger partial charge in [-0.3, -0.25) is 14.6 Å². The van der Waals surface area contributed by atoms with Crippen LogP contribution in [0, 0.1) is 5.82 Å². The van der Waals surface area contributed by atoms with E-state index < -0.39 is 11.9 Å². The lowest BCUT2D eigenvalue weighted by atomic mass is 10.2. The maximum absolute atomic E-state index is 13.9. The number of nitrogens with zero attached hydrogens (tertiary/aromatic N) is 6. The molecule has 1 aromatic carbocycles. The molecule has 0 aliphatic carbocycles. The second kappa shape index (κ2) is 7.28. The maximum atomic E-state index is 13.9. The van der Waals surface area contributed by atoms with Crippen molar-refractivity contribution in [2.45, 2.75) is 6.54 Å². The highest BCUT2D eigenvalue weighted by Gasteiger charge is 2.22. The van der Waals surface area contributed by atoms with Gasteiger partial charge in [0.1, 0.15) is 17.2 Å². The van der Waals surface area contributed by atoms with Crippen LogP contribution >= 0.6 is 0 Å². The number of rotatable bonds is 4. The lowest BCUT2D eigenvalue weighted by Crippen LogP contribution is -2.26. The SMILES string of the molecule is CN(C(=O)O)c1c(N)nc(-c2nn(Cc3cccnc3)c3cc(F)ccc23)nc1N. The lowest BCUT2D eigenvalue weighted by Gasteiger charge is -2.16. The topological polar surface area (TPSA) is 149 Å². The summed E-state index contributed by atoms with van der Waals surface area (Å²) in [7, 11) is 1.29. The zero-order valence-electron chi connectivity index (χ0n) is 15.8. The van der Waals surface area contributed by atoms with Crippen LogP contribution in [0.2, 0.25) is 0 Å². The first-order chi connectivity index (χ1) is 14.3. The van der Waals surface area contributed by atoms with E-state index in [1.807, 2.05) is 6.07 Å². The normalized spacial score (nSPS) is 11.0. The van der Waals surface area contributed by atoms with Crippen molar-refractivity contribution in [1.29, 1.82) is 0 Å². The average Bonchev–Trinajstić information content (AvgIpc) is 3.05. The van der Waals surface area contributed by atoms with E-state index in [1.165, 1.54) is 19.2 Å². The van der Waals surface area contributed by atoms with E-state index in [-0.39, 0.29) is 23.1 Å². The number of hydrogen-bond donors (Lipinski definition) is 3. The Morgan fingerprint density at radius 2 is 1.97 bits per heavy atom. The van der Waals surface area contributed by atoms with Gasteiger partial charge in [-0.15, -0.1) is 0 Å². The fourth-order valence-corrected chi connectivity index (χ4v) is 3.13. The highest BCUT2D eigenvalue weighted by atomic mass is 19.1. The summed E-state index contributed by atoms with van der Waals surface area (Å²) in [5, 5.41) is 14.3. The molecule has 3 heterocycles. The first-order valence-electron chi connectivity index (χ1n) is 8.80. The molecule has 30 heavy (non-hydrogen) atoms. The average molecular weight is 408 g/mol. The largest absolute Gasteiger partial charge is 0.465 e. The Kier molecular flexibility index (Phi) is 4.62. The predicted molar refractivity (Wildman–Crippen MR) is 109 cm³/mol. The van der Waals surface area contributed by atoms with Crippen LogP contribution in [-0.2, 0) is 6.54 Å². The Bertz CT molecular complexity index is 1240. The molecule has 11 heteroatoms. The summed E-state index contributed by atoms with van der Waals surface area (Å²) in [4.78, 5) is 24.6. The van der Waals surface area contributed by atoms with Gasteiger partial charge in [0.15, 0.2) is 17.5 Å². The smallest absolute Gasteiger partial charge is 0.411 e. The molecule has 0 saturated carbocycles. The molecular weight excluding hydrogens is 391 g/mol. The number of amides is 1. The minimum Gasteiger partial charge on any atom is -0.465 e. The molecule has 152 valence electrons. The van der Waals surface area contributed by atoms with E-state index in [4.69, 9.17) is 11.5 Å². The van der Waals surface area contributed by atoms with E-state index in [1.54, 1.807) is 29.2 Å². The van der Waals surface area contributed by atoms with Crippen LogP contribution < -0.4 is 16.4 Å². The van der Waals surface area contributed by atoms with Crippen LogP contribution in [0.1, 0.15) is 5.56 Å². The molecule has 0 radical (unpaired) electrons. The van der Waals surface area contributed by atoms with E-state index >= 15 is 0 Å². The van der Waals surface area contributed by atoms with Crippen molar-refractivity contribution in [3.05, 3.63) is 54.1 Å². The summed E-state index contributed by atoms with van der Waals surface area (Å²) in [6.45, 7) is 0.346. The molecule has 4 rings (SSSR count). The predicted octanol–water partition coefficient (Wildman–Crippen LogP) is 2.35. The van der Waals surface area contributed by atoms with Crippen LogP contribution in [0.25, 0.3) is 22.4 Å². The van der Waals surface area contributed by atoms with E-state index in [0.717, 1.165) is 10.5 Å². The molecule has 1 amide bonds. The Morgan fingerprint density at radius 3 is 2.60 bits per heavy atom. The van der Waals surface area contributed by atoms with Crippen molar-refractivity contribution in [3.63, 3.8) is 0 Å². The molecule has 0 bridgehead atoms. The lowest BCUT2D eigenvalue weighted by molar-refractivity contribution is 0.203. The van der Waals surface area contributed by atoms with Crippen LogP contribution in [0.4, 0.5) is 26.5 Å². The monoisotopic (exact) mass is 408 g/mol. The Labute approximate surface area is 169 Å². The van der Waals surface area contributed by atoms with Gasteiger partial charge < -0.3 is 16.6 Å². The van der Waals surface area contributed by atoms with Gasteiger partial charge in [-0.05, 0) is 29.8 Å². The molecule has 0 unspecified atom stereocenters. The minimum atomic E-state index is -1.26. The van der Waals surface area contributed by atoms with Gasteiger partial charge in [0.25, 0.3) is 0 Å². The fraction of sp³-hybridized carbons (Fsp3) is 0.105. The van der Waals surface area contributed by atoms with Gasteiger partial charge in [0.2, 0.25) is 0 Å². The van der Waals surface area contributed by atoms with Crippen molar-refractivity contribution in [2.75, 3.05) is 23.4 Å². The zero-order valence-corrected chi connectivity index (χ0v) is 15.8. The summed E-state index contributed by atoms with van der Waals surface area (Å²) in [6, 6.07) is 7.91. The summed E-state index contributed by atoms with van der Waals surface area (Å²) >= 11 is 0. The standard InChI is InChI=1S/C19H17FN8O2/c1-27(19(29)30)15-16(21)24-18(25-17(15)22)14-12-5-4-11(20)7-13(12)28(26-14)9-10-3-2-6-23-8-10/h2-8H,9H2,1H3,(H,29,30)(H4,21,22,24,25). The Balaban J connectivity index is 1.86. The van der Waals surface area contributed by atoms with Crippen molar-refractivity contribution in [3.8, 4) is 11.5 Å². The third-order valence-corrected chi connectivity index (χ3v) is 4.54. The molecule has 0 aliphatic heterocycles. The first kappa shape index (κ1) is 19.1. The number of hydrogen-bond acceptors (Lipinski definition) is 7. The molecule has 3 aromatic heterocycles. The Morgan fingerprint density at radius 1 is 1.23 bits per heavy atom. The number of aromatic nitrogens is 5. The maximum Gasteiger partial charge on any atom is 0.411 e. The number of halogens is 1. The third kappa shape index (κ3) is 3.32. The molecule has 0 aliphatic rings. The van der Waals surface area contributed by atoms with Gasteiger partial charge in [-0.25, -0.2) is 19.2 Å². The first-order valence-corrected chi connectivity index (χ1v) is 8.80. The second-order valence-corrected chi connectivity index (χ2v) is 6.54. The molecule has 4 aromatic rings. The number of benzene rings is 1. The number of nitrogen functional groups attached to an aromatic ring is 2. The molecule has 5 N–H and O–H groups in total. The van der Waals surface area contributed by atoms with Crippen molar-refractivity contribution < 1.29 is 14.3 Å². The summed E-state index contributed by atoms with van der Waals surface area (Å²) in [6.07, 6.45) is 2.09. The van der Waals surface area contributed by atoms with Gasteiger partial charge in [0.05, 0.1) is 12.1 Å². The van der Waals surface area contributed by atoms with Gasteiger partial charge in [0, 0.05) is 24.8 Å². The molecular formula is C19H17FN8O2. The quantitative estimate of drug-likeness (QED) is 0.466. The van der Waals surface area contributed by atoms with Crippen LogP contribution in [0.3, 0.4) is 0 Å². The molecule has 10 nitrogen and oxygen atoms in total.